The molecule has 0 fully saturated rings. The Bertz CT molecular complexity index is 382. The van der Waals surface area contributed by atoms with Crippen molar-refractivity contribution >= 4 is 5.91 Å². The number of likely N-dealkylation sites (N-methyl/N-ethyl adjacent to an activating group) is 1. The average molecular weight is 268 g/mol. The van der Waals surface area contributed by atoms with Gasteiger partial charge >= 0.3 is 0 Å². The van der Waals surface area contributed by atoms with Gasteiger partial charge in [0, 0.05) is 6.54 Å². The molecule has 1 aromatic heterocycles. The van der Waals surface area contributed by atoms with Crippen LogP contribution in [0.25, 0.3) is 0 Å². The van der Waals surface area contributed by atoms with Crippen LogP contribution in [0.15, 0.2) is 22.8 Å². The number of carbonyl (C=O) groups is 1. The van der Waals surface area contributed by atoms with E-state index in [2.05, 4.69) is 5.32 Å². The number of nitrogens with zero attached hydrogens (tertiary/aromatic N) is 1. The highest BCUT2D eigenvalue weighted by Gasteiger charge is 2.25. The van der Waals surface area contributed by atoms with Crippen molar-refractivity contribution in [2.24, 2.45) is 0 Å². The first-order chi connectivity index (χ1) is 8.83. The summed E-state index contributed by atoms with van der Waals surface area (Å²) in [6, 6.07) is 3.32. The van der Waals surface area contributed by atoms with E-state index in [1.165, 1.54) is 0 Å². The van der Waals surface area contributed by atoms with Gasteiger partial charge in [0.15, 0.2) is 0 Å². The number of hydrogen-bond donors (Lipinski definition) is 2. The summed E-state index contributed by atoms with van der Waals surface area (Å²) in [6.07, 6.45) is 1.58. The molecule has 1 heterocycles. The van der Waals surface area contributed by atoms with Crippen molar-refractivity contribution in [3.63, 3.8) is 0 Å². The molecule has 5 nitrogen and oxygen atoms in total. The van der Waals surface area contributed by atoms with Crippen LogP contribution in [0, 0.1) is 0 Å². The van der Waals surface area contributed by atoms with Gasteiger partial charge in [-0.3, -0.25) is 9.69 Å². The van der Waals surface area contributed by atoms with Crippen LogP contribution in [0.1, 0.15) is 33.5 Å². The number of aliphatic hydroxyl groups is 1. The fraction of sp³-hybridized carbons (Fsp3) is 0.643. The van der Waals surface area contributed by atoms with Gasteiger partial charge in [-0.25, -0.2) is 0 Å². The van der Waals surface area contributed by atoms with Crippen molar-refractivity contribution in [2.45, 2.75) is 45.9 Å². The Morgan fingerprint density at radius 2 is 2.26 bits per heavy atom. The maximum absolute atomic E-state index is 12.0. The number of amides is 1. The number of hydrogen-bond acceptors (Lipinski definition) is 4. The molecule has 1 atom stereocenters. The van der Waals surface area contributed by atoms with Gasteiger partial charge < -0.3 is 14.8 Å². The standard InChI is InChI=1S/C14H24N2O3/c1-5-16(10-14(3,4)18)11(2)13(17)15-9-12-7-6-8-19-12/h6-8,11,18H,5,9-10H2,1-4H3,(H,15,17). The highest BCUT2D eigenvalue weighted by molar-refractivity contribution is 5.81. The minimum absolute atomic E-state index is 0.0671. The van der Waals surface area contributed by atoms with Crippen molar-refractivity contribution in [1.82, 2.24) is 10.2 Å². The quantitative estimate of drug-likeness (QED) is 0.784. The van der Waals surface area contributed by atoms with Crippen LogP contribution in [0.2, 0.25) is 0 Å². The summed E-state index contributed by atoms with van der Waals surface area (Å²) in [4.78, 5) is 14.0. The average Bonchev–Trinajstić information content (AvgIpc) is 2.84. The van der Waals surface area contributed by atoms with E-state index in [1.807, 2.05) is 24.8 Å². The van der Waals surface area contributed by atoms with Crippen LogP contribution in [-0.2, 0) is 11.3 Å². The molecule has 0 saturated carbocycles. The summed E-state index contributed by atoms with van der Waals surface area (Å²) in [6.45, 7) is 8.84. The first-order valence-corrected chi connectivity index (χ1v) is 6.60. The fourth-order valence-electron chi connectivity index (χ4n) is 1.92. The zero-order valence-electron chi connectivity index (χ0n) is 12.1. The molecule has 0 spiro atoms. The van der Waals surface area contributed by atoms with Crippen LogP contribution < -0.4 is 5.32 Å². The molecule has 5 heteroatoms. The van der Waals surface area contributed by atoms with Crippen LogP contribution in [0.4, 0.5) is 0 Å². The summed E-state index contributed by atoms with van der Waals surface area (Å²) in [5.74, 6) is 0.661. The van der Waals surface area contributed by atoms with Crippen molar-refractivity contribution in [3.05, 3.63) is 24.2 Å². The SMILES string of the molecule is CCN(CC(C)(C)O)C(C)C(=O)NCc1ccco1. The van der Waals surface area contributed by atoms with Gasteiger partial charge in [0.2, 0.25) is 5.91 Å². The molecule has 0 saturated heterocycles. The van der Waals surface area contributed by atoms with Gasteiger partial charge in [0.1, 0.15) is 5.76 Å². The predicted octanol–water partition coefficient (Wildman–Crippen LogP) is 1.38. The number of nitrogens with one attached hydrogen (secondary N) is 1. The zero-order valence-corrected chi connectivity index (χ0v) is 12.1. The van der Waals surface area contributed by atoms with Gasteiger partial charge in [-0.1, -0.05) is 6.92 Å². The minimum atomic E-state index is -0.814. The Hall–Kier alpha value is -1.33. The molecule has 1 rings (SSSR count). The Morgan fingerprint density at radius 1 is 1.58 bits per heavy atom. The Labute approximate surface area is 114 Å². The first-order valence-electron chi connectivity index (χ1n) is 6.60. The highest BCUT2D eigenvalue weighted by atomic mass is 16.3. The van der Waals surface area contributed by atoms with Gasteiger partial charge in [-0.05, 0) is 39.4 Å². The van der Waals surface area contributed by atoms with E-state index < -0.39 is 5.60 Å². The van der Waals surface area contributed by atoms with Crippen molar-refractivity contribution in [1.29, 1.82) is 0 Å². The summed E-state index contributed by atoms with van der Waals surface area (Å²) in [5.41, 5.74) is -0.814. The molecule has 0 aliphatic heterocycles. The summed E-state index contributed by atoms with van der Waals surface area (Å²) in [7, 11) is 0. The second-order valence-electron chi connectivity index (χ2n) is 5.35. The molecule has 2 N–H and O–H groups in total. The third kappa shape index (κ3) is 5.44. The van der Waals surface area contributed by atoms with E-state index in [1.54, 1.807) is 26.2 Å². The Morgan fingerprint density at radius 3 is 2.74 bits per heavy atom. The molecule has 0 aliphatic rings. The maximum atomic E-state index is 12.0. The fourth-order valence-corrected chi connectivity index (χ4v) is 1.92. The Balaban J connectivity index is 2.49. The summed E-state index contributed by atoms with van der Waals surface area (Å²) in [5, 5.41) is 12.7. The monoisotopic (exact) mass is 268 g/mol. The summed E-state index contributed by atoms with van der Waals surface area (Å²) >= 11 is 0. The summed E-state index contributed by atoms with van der Waals surface area (Å²) < 4.78 is 5.16. The van der Waals surface area contributed by atoms with Crippen molar-refractivity contribution in [2.75, 3.05) is 13.1 Å². The van der Waals surface area contributed by atoms with E-state index in [0.717, 1.165) is 5.76 Å². The predicted molar refractivity (Wildman–Crippen MR) is 73.6 cm³/mol. The van der Waals surface area contributed by atoms with Gasteiger partial charge in [0.25, 0.3) is 0 Å². The molecule has 19 heavy (non-hydrogen) atoms. The highest BCUT2D eigenvalue weighted by Crippen LogP contribution is 2.09. The van der Waals surface area contributed by atoms with E-state index >= 15 is 0 Å². The third-order valence-corrected chi connectivity index (χ3v) is 2.94. The van der Waals surface area contributed by atoms with Crippen LogP contribution in [0.5, 0.6) is 0 Å². The molecule has 0 aromatic carbocycles. The van der Waals surface area contributed by atoms with Crippen LogP contribution in [0.3, 0.4) is 0 Å². The largest absolute Gasteiger partial charge is 0.467 e. The topological polar surface area (TPSA) is 65.7 Å². The Kier molecular flexibility index (Phi) is 5.57. The van der Waals surface area contributed by atoms with Crippen LogP contribution >= 0.6 is 0 Å². The number of rotatable bonds is 7. The second kappa shape index (κ2) is 6.73. The van der Waals surface area contributed by atoms with E-state index in [9.17, 15) is 9.90 Å². The zero-order chi connectivity index (χ0) is 14.5. The molecule has 1 amide bonds. The molecule has 1 aromatic rings. The third-order valence-electron chi connectivity index (χ3n) is 2.94. The van der Waals surface area contributed by atoms with Gasteiger partial charge in [0.05, 0.1) is 24.5 Å². The molecule has 1 unspecified atom stereocenters. The second-order valence-corrected chi connectivity index (χ2v) is 5.35. The smallest absolute Gasteiger partial charge is 0.237 e. The molecular formula is C14H24N2O3. The van der Waals surface area contributed by atoms with Crippen LogP contribution in [-0.4, -0.2) is 40.6 Å². The number of furan rings is 1. The molecular weight excluding hydrogens is 244 g/mol. The van der Waals surface area contributed by atoms with Gasteiger partial charge in [-0.15, -0.1) is 0 Å². The number of carbonyl (C=O) groups excluding carboxylic acids is 1. The molecule has 0 aliphatic carbocycles. The molecule has 0 bridgehead atoms. The lowest BCUT2D eigenvalue weighted by Gasteiger charge is -2.32. The molecule has 0 radical (unpaired) electrons. The van der Waals surface area contributed by atoms with E-state index in [4.69, 9.17) is 4.42 Å². The minimum Gasteiger partial charge on any atom is -0.467 e. The van der Waals surface area contributed by atoms with Crippen molar-refractivity contribution in [3.8, 4) is 0 Å². The van der Waals surface area contributed by atoms with Crippen molar-refractivity contribution < 1.29 is 14.3 Å². The lowest BCUT2D eigenvalue weighted by Crippen LogP contribution is -2.49. The normalized spacial score (nSPS) is 13.6. The van der Waals surface area contributed by atoms with Gasteiger partial charge in [-0.2, -0.15) is 0 Å². The lowest BCUT2D eigenvalue weighted by molar-refractivity contribution is -0.127. The lowest BCUT2D eigenvalue weighted by atomic mass is 10.1. The maximum Gasteiger partial charge on any atom is 0.237 e. The first kappa shape index (κ1) is 15.7. The molecule has 108 valence electrons. The van der Waals surface area contributed by atoms with E-state index in [-0.39, 0.29) is 11.9 Å². The van der Waals surface area contributed by atoms with E-state index in [0.29, 0.717) is 19.6 Å².